The molecule has 0 aliphatic heterocycles. The molecule has 0 N–H and O–H groups in total. The van der Waals surface area contributed by atoms with E-state index < -0.39 is 21.5 Å². The Morgan fingerprint density at radius 1 is 0.574 bits per heavy atom. The molecule has 0 nitrogen and oxygen atoms in total. The zero-order valence-electron chi connectivity index (χ0n) is 35.6. The molecule has 0 bridgehead atoms. The van der Waals surface area contributed by atoms with Crippen LogP contribution in [0.15, 0.2) is 83.9 Å². The van der Waals surface area contributed by atoms with Crippen molar-refractivity contribution >= 4 is 35.1 Å². The number of rotatable bonds is 9. The van der Waals surface area contributed by atoms with E-state index in [9.17, 15) is 0 Å². The molecule has 2 unspecified atom stereocenters. The fourth-order valence-electron chi connectivity index (χ4n) is 9.96. The molecule has 54 heavy (non-hydrogen) atoms. The molecule has 6 rings (SSSR count). The average Bonchev–Trinajstić information content (AvgIpc) is 3.72. The summed E-state index contributed by atoms with van der Waals surface area (Å²) in [5.41, 5.74) is 19.2. The molecular formula is C50H65Cl2SiZr. The first-order valence-corrected chi connectivity index (χ1v) is 37.0. The molecule has 287 valence electrons. The molecule has 0 fully saturated rings. The second-order valence-electron chi connectivity index (χ2n) is 19.3. The van der Waals surface area contributed by atoms with Gasteiger partial charge in [-0.15, -0.1) is 0 Å². The molecule has 0 heterocycles. The third-order valence-electron chi connectivity index (χ3n) is 13.0. The van der Waals surface area contributed by atoms with Crippen molar-refractivity contribution in [3.63, 3.8) is 0 Å². The predicted octanol–water partition coefficient (Wildman–Crippen LogP) is 16.0. The Labute approximate surface area is 337 Å². The van der Waals surface area contributed by atoms with Gasteiger partial charge in [-0.2, -0.15) is 0 Å². The van der Waals surface area contributed by atoms with Crippen LogP contribution in [0.4, 0.5) is 0 Å². The topological polar surface area (TPSA) is 0 Å². The molecule has 2 atom stereocenters. The summed E-state index contributed by atoms with van der Waals surface area (Å²) in [7, 11) is 18.1. The Morgan fingerprint density at radius 2 is 0.926 bits per heavy atom. The molecule has 0 saturated heterocycles. The molecule has 0 aromatic heterocycles. The van der Waals surface area contributed by atoms with Crippen LogP contribution >= 0.6 is 17.0 Å². The second kappa shape index (κ2) is 14.8. The Balaban J connectivity index is 1.75. The summed E-state index contributed by atoms with van der Waals surface area (Å²) in [6.45, 7) is 33.3. The maximum atomic E-state index is 9.07. The van der Waals surface area contributed by atoms with Crippen molar-refractivity contribution in [3.05, 3.63) is 128 Å². The third kappa shape index (κ3) is 6.70. The van der Waals surface area contributed by atoms with E-state index in [0.717, 1.165) is 12.8 Å². The van der Waals surface area contributed by atoms with Crippen molar-refractivity contribution in [2.45, 2.75) is 128 Å². The van der Waals surface area contributed by atoms with Gasteiger partial charge in [0.05, 0.1) is 0 Å². The van der Waals surface area contributed by atoms with Gasteiger partial charge < -0.3 is 0 Å². The van der Waals surface area contributed by atoms with Gasteiger partial charge in [0.25, 0.3) is 0 Å². The van der Waals surface area contributed by atoms with Crippen molar-refractivity contribution in [1.29, 1.82) is 0 Å². The molecule has 4 heteroatoms. The zero-order valence-corrected chi connectivity index (χ0v) is 40.8. The first kappa shape index (κ1) is 41.7. The van der Waals surface area contributed by atoms with Crippen LogP contribution in [0.1, 0.15) is 147 Å². The van der Waals surface area contributed by atoms with Gasteiger partial charge >= 0.3 is 340 Å². The van der Waals surface area contributed by atoms with Crippen LogP contribution in [0, 0.1) is 10.8 Å². The van der Waals surface area contributed by atoms with E-state index in [1.54, 1.807) is 0 Å². The molecule has 2 aliphatic carbocycles. The van der Waals surface area contributed by atoms with E-state index in [1.807, 2.05) is 0 Å². The summed E-state index contributed by atoms with van der Waals surface area (Å²) in [4.78, 5) is 0. The van der Waals surface area contributed by atoms with E-state index in [0.29, 0.717) is 11.8 Å². The van der Waals surface area contributed by atoms with Crippen LogP contribution in [0.2, 0.25) is 13.1 Å². The second-order valence-corrected chi connectivity index (χ2v) is 61.8. The SMILES string of the molecule is CCc1ccccc1-c1c(C(C)C)ccc2c1C=C(C(C)(C)C)[CH]2[Zr]([Cl])([Cl])([CH]1C(C(C)(C)C)=Cc2c1ccc(C(C)C)c2-c1ccccc1CC)[SiH](C)C. The fourth-order valence-corrected chi connectivity index (χ4v) is 41.4. The van der Waals surface area contributed by atoms with Gasteiger partial charge in [0.2, 0.25) is 0 Å². The summed E-state index contributed by atoms with van der Waals surface area (Å²) in [5.74, 6) is -1.01. The number of allylic oxidation sites excluding steroid dienone is 2. The molecule has 0 saturated carbocycles. The van der Waals surface area contributed by atoms with Crippen LogP contribution in [-0.2, 0) is 28.4 Å². The zero-order chi connectivity index (χ0) is 39.7. The molecule has 0 spiro atoms. The van der Waals surface area contributed by atoms with Crippen molar-refractivity contribution in [1.82, 2.24) is 0 Å². The van der Waals surface area contributed by atoms with Crippen LogP contribution in [0.5, 0.6) is 0 Å². The van der Waals surface area contributed by atoms with Gasteiger partial charge in [-0.05, 0) is 0 Å². The first-order chi connectivity index (χ1) is 25.2. The van der Waals surface area contributed by atoms with Gasteiger partial charge in [0, 0.05) is 0 Å². The fraction of sp³-hybridized carbons (Fsp3) is 0.440. The molecule has 0 radical (unpaired) electrons. The molecule has 4 aromatic rings. The van der Waals surface area contributed by atoms with E-state index in [4.69, 9.17) is 17.0 Å². The van der Waals surface area contributed by atoms with Crippen LogP contribution in [0.25, 0.3) is 34.4 Å². The summed E-state index contributed by atoms with van der Waals surface area (Å²) < 4.78 is 0.0334. The van der Waals surface area contributed by atoms with E-state index in [2.05, 4.69) is 181 Å². The predicted molar refractivity (Wildman–Crippen MR) is 242 cm³/mol. The number of benzene rings is 4. The quantitative estimate of drug-likeness (QED) is 0.147. The van der Waals surface area contributed by atoms with Gasteiger partial charge in [0.15, 0.2) is 0 Å². The number of hydrogen-bond donors (Lipinski definition) is 0. The van der Waals surface area contributed by atoms with Crippen molar-refractivity contribution in [2.24, 2.45) is 10.8 Å². The van der Waals surface area contributed by atoms with Crippen molar-refractivity contribution < 1.29 is 15.6 Å². The summed E-state index contributed by atoms with van der Waals surface area (Å²) in [5, 5.41) is 0. The van der Waals surface area contributed by atoms with Crippen molar-refractivity contribution in [3.8, 4) is 22.3 Å². The maximum absolute atomic E-state index is 9.07. The molecule has 2 aliphatic rings. The monoisotopic (exact) mass is 853 g/mol. The number of hydrogen-bond acceptors (Lipinski definition) is 0. The minimum absolute atomic E-state index is 0.0167. The molecular weight excluding hydrogens is 791 g/mol. The number of aryl methyl sites for hydroxylation is 2. The minimum atomic E-state index is -5.13. The Hall–Kier alpha value is -1.96. The van der Waals surface area contributed by atoms with Crippen molar-refractivity contribution in [2.75, 3.05) is 0 Å². The average molecular weight is 856 g/mol. The number of fused-ring (bicyclic) bond motifs is 2. The Kier molecular flexibility index (Phi) is 11.4. The summed E-state index contributed by atoms with van der Waals surface area (Å²) in [6.07, 6.45) is 7.13. The van der Waals surface area contributed by atoms with E-state index in [1.165, 1.54) is 77.9 Å². The third-order valence-corrected chi connectivity index (χ3v) is 64.5. The van der Waals surface area contributed by atoms with Gasteiger partial charge in [-0.1, -0.05) is 0 Å². The Morgan fingerprint density at radius 3 is 1.22 bits per heavy atom. The Bertz CT molecular complexity index is 2000. The van der Waals surface area contributed by atoms with Gasteiger partial charge in [0.1, 0.15) is 0 Å². The van der Waals surface area contributed by atoms with Crippen LogP contribution < -0.4 is 0 Å². The van der Waals surface area contributed by atoms with Gasteiger partial charge in [-0.25, -0.2) is 0 Å². The van der Waals surface area contributed by atoms with Gasteiger partial charge in [-0.3, -0.25) is 0 Å². The summed E-state index contributed by atoms with van der Waals surface area (Å²) in [6, 6.07) is 27.9. The number of halogens is 2. The molecule has 0 amide bonds. The standard InChI is InChI=1S/2C24H29.C2H7Si.2ClH.Zr/c2*1-7-17-10-8-9-11-21(17)23-20(16(2)3)13-12-18-14-19(15-22(18)23)24(4,5)6;1-3-2;;;/h2*8-16H,7H2,1-6H3;3H,1-2H3;2*1H;/q;;;;;+2/p-2. The van der Waals surface area contributed by atoms with Crippen LogP contribution in [0.3, 0.4) is 0 Å². The molecule has 4 aromatic carbocycles. The summed E-state index contributed by atoms with van der Waals surface area (Å²) >= 11 is -5.13. The first-order valence-electron chi connectivity index (χ1n) is 20.7. The normalized spacial score (nSPS) is 18.2. The van der Waals surface area contributed by atoms with Crippen LogP contribution in [-0.4, -0.2) is 5.92 Å². The van der Waals surface area contributed by atoms with E-state index in [-0.39, 0.29) is 18.1 Å². The van der Waals surface area contributed by atoms with E-state index >= 15 is 0 Å².